The fourth-order valence-electron chi connectivity index (χ4n) is 1.85. The Hall–Kier alpha value is -2.07. The lowest BCUT2D eigenvalue weighted by Gasteiger charge is -2.08. The van der Waals surface area contributed by atoms with Gasteiger partial charge in [0, 0.05) is 6.61 Å². The Labute approximate surface area is 117 Å². The van der Waals surface area contributed by atoms with Gasteiger partial charge in [-0.15, -0.1) is 0 Å². The van der Waals surface area contributed by atoms with E-state index in [2.05, 4.69) is 0 Å². The molecular weight excluding hydrogens is 259 g/mol. The lowest BCUT2D eigenvalue weighted by Crippen LogP contribution is -1.98. The molecule has 0 heterocycles. The fraction of sp³-hybridized carbons (Fsp3) is 0.250. The highest BCUT2D eigenvalue weighted by atomic mass is 19.1. The van der Waals surface area contributed by atoms with Crippen LogP contribution < -0.4 is 9.47 Å². The second kappa shape index (κ2) is 6.91. The predicted molar refractivity (Wildman–Crippen MR) is 74.5 cm³/mol. The van der Waals surface area contributed by atoms with Crippen LogP contribution in [0.4, 0.5) is 4.39 Å². The van der Waals surface area contributed by atoms with Gasteiger partial charge in [-0.25, -0.2) is 4.39 Å². The molecule has 106 valence electrons. The summed E-state index contributed by atoms with van der Waals surface area (Å²) in [4.78, 5) is 0. The van der Waals surface area contributed by atoms with Crippen molar-refractivity contribution >= 4 is 0 Å². The first-order valence-corrected chi connectivity index (χ1v) is 6.38. The first kappa shape index (κ1) is 14.3. The van der Waals surface area contributed by atoms with Crippen LogP contribution in [0.3, 0.4) is 0 Å². The second-order valence-electron chi connectivity index (χ2n) is 4.38. The smallest absolute Gasteiger partial charge is 0.165 e. The van der Waals surface area contributed by atoms with Crippen LogP contribution in [0.5, 0.6) is 11.5 Å². The molecule has 1 N–H and O–H groups in total. The number of benzene rings is 2. The van der Waals surface area contributed by atoms with Crippen molar-refractivity contribution in [3.05, 3.63) is 59.4 Å². The highest BCUT2D eigenvalue weighted by molar-refractivity contribution is 5.30. The molecule has 0 aliphatic carbocycles. The molecule has 0 aliphatic rings. The number of methoxy groups -OCH3 is 1. The highest BCUT2D eigenvalue weighted by Gasteiger charge is 2.04. The van der Waals surface area contributed by atoms with E-state index in [9.17, 15) is 4.39 Å². The van der Waals surface area contributed by atoms with Crippen molar-refractivity contribution in [1.82, 2.24) is 0 Å². The Kier molecular flexibility index (Phi) is 4.96. The van der Waals surface area contributed by atoms with Gasteiger partial charge in [-0.1, -0.05) is 18.2 Å². The first-order valence-electron chi connectivity index (χ1n) is 6.38. The van der Waals surface area contributed by atoms with Crippen LogP contribution in [0.25, 0.3) is 0 Å². The topological polar surface area (TPSA) is 38.7 Å². The summed E-state index contributed by atoms with van der Waals surface area (Å²) < 4.78 is 24.0. The Morgan fingerprint density at radius 2 is 1.75 bits per heavy atom. The summed E-state index contributed by atoms with van der Waals surface area (Å²) in [6.07, 6.45) is 0.629. The molecule has 4 heteroatoms. The number of halogens is 1. The summed E-state index contributed by atoms with van der Waals surface area (Å²) in [6.45, 7) is 0.422. The van der Waals surface area contributed by atoms with Gasteiger partial charge in [0.05, 0.1) is 7.11 Å². The Bertz CT molecular complexity index is 552. The van der Waals surface area contributed by atoms with Crippen molar-refractivity contribution in [3.8, 4) is 11.5 Å². The van der Waals surface area contributed by atoms with E-state index in [1.807, 2.05) is 24.3 Å². The van der Waals surface area contributed by atoms with Gasteiger partial charge < -0.3 is 14.6 Å². The van der Waals surface area contributed by atoms with Crippen LogP contribution in [0.15, 0.2) is 42.5 Å². The van der Waals surface area contributed by atoms with Crippen molar-refractivity contribution in [2.45, 2.75) is 13.0 Å². The number of hydrogen-bond acceptors (Lipinski definition) is 3. The Balaban J connectivity index is 1.96. The lowest BCUT2D eigenvalue weighted by molar-refractivity contribution is 0.298. The zero-order valence-corrected chi connectivity index (χ0v) is 11.3. The van der Waals surface area contributed by atoms with Crippen LogP contribution in [0, 0.1) is 5.82 Å². The minimum Gasteiger partial charge on any atom is -0.494 e. The number of aliphatic hydroxyl groups excluding tert-OH is 1. The summed E-state index contributed by atoms with van der Waals surface area (Å²) in [5.41, 5.74) is 1.79. The molecule has 0 saturated heterocycles. The molecular formula is C16H17FO3. The van der Waals surface area contributed by atoms with E-state index in [-0.39, 0.29) is 12.4 Å². The molecule has 20 heavy (non-hydrogen) atoms. The van der Waals surface area contributed by atoms with Crippen molar-refractivity contribution in [3.63, 3.8) is 0 Å². The molecule has 0 radical (unpaired) electrons. The van der Waals surface area contributed by atoms with Crippen LogP contribution >= 0.6 is 0 Å². The minimum atomic E-state index is -0.396. The zero-order valence-electron chi connectivity index (χ0n) is 11.3. The largest absolute Gasteiger partial charge is 0.494 e. The summed E-state index contributed by atoms with van der Waals surface area (Å²) in [6, 6.07) is 12.2. The fourth-order valence-corrected chi connectivity index (χ4v) is 1.85. The van der Waals surface area contributed by atoms with Gasteiger partial charge in [0.2, 0.25) is 0 Å². The molecule has 2 aromatic carbocycles. The van der Waals surface area contributed by atoms with Crippen LogP contribution in [-0.2, 0) is 13.0 Å². The second-order valence-corrected chi connectivity index (χ2v) is 4.38. The van der Waals surface area contributed by atoms with Gasteiger partial charge in [-0.3, -0.25) is 0 Å². The summed E-state index contributed by atoms with van der Waals surface area (Å²) in [5, 5.41) is 8.83. The van der Waals surface area contributed by atoms with E-state index in [0.29, 0.717) is 18.8 Å². The number of ether oxygens (including phenoxy) is 2. The third kappa shape index (κ3) is 3.71. The van der Waals surface area contributed by atoms with Gasteiger partial charge in [0.15, 0.2) is 11.6 Å². The number of aliphatic hydroxyl groups is 1. The molecule has 0 unspecified atom stereocenters. The van der Waals surface area contributed by atoms with Crippen molar-refractivity contribution in [2.24, 2.45) is 0 Å². The molecule has 0 atom stereocenters. The standard InChI is InChI=1S/C16H17FO3/c1-19-16-7-4-13(10-15(16)17)11-20-14-5-2-12(3-6-14)8-9-18/h2-7,10,18H,8-9,11H2,1H3. The monoisotopic (exact) mass is 276 g/mol. The molecule has 3 nitrogen and oxygen atoms in total. The highest BCUT2D eigenvalue weighted by Crippen LogP contribution is 2.19. The van der Waals surface area contributed by atoms with E-state index in [1.165, 1.54) is 13.2 Å². The average molecular weight is 276 g/mol. The van der Waals surface area contributed by atoms with Crippen molar-refractivity contribution < 1.29 is 19.0 Å². The Morgan fingerprint density at radius 1 is 1.05 bits per heavy atom. The third-order valence-electron chi connectivity index (χ3n) is 2.95. The van der Waals surface area contributed by atoms with E-state index in [4.69, 9.17) is 14.6 Å². The molecule has 0 spiro atoms. The quantitative estimate of drug-likeness (QED) is 0.881. The van der Waals surface area contributed by atoms with E-state index < -0.39 is 5.82 Å². The molecule has 0 fully saturated rings. The third-order valence-corrected chi connectivity index (χ3v) is 2.95. The molecule has 0 saturated carbocycles. The zero-order chi connectivity index (χ0) is 14.4. The summed E-state index contributed by atoms with van der Waals surface area (Å²) in [5.74, 6) is 0.539. The molecule has 0 amide bonds. The minimum absolute atomic E-state index is 0.130. The van der Waals surface area contributed by atoms with Crippen molar-refractivity contribution in [1.29, 1.82) is 0 Å². The molecule has 0 aliphatic heterocycles. The number of rotatable bonds is 6. The normalized spacial score (nSPS) is 10.3. The van der Waals surface area contributed by atoms with Gasteiger partial charge in [-0.05, 0) is 41.8 Å². The van der Waals surface area contributed by atoms with E-state index in [1.54, 1.807) is 12.1 Å². The number of hydrogen-bond donors (Lipinski definition) is 1. The van der Waals surface area contributed by atoms with Gasteiger partial charge >= 0.3 is 0 Å². The maximum absolute atomic E-state index is 13.5. The van der Waals surface area contributed by atoms with Crippen LogP contribution in [-0.4, -0.2) is 18.8 Å². The maximum Gasteiger partial charge on any atom is 0.165 e. The maximum atomic E-state index is 13.5. The average Bonchev–Trinajstić information content (AvgIpc) is 2.47. The first-order chi connectivity index (χ1) is 9.72. The SMILES string of the molecule is COc1ccc(COc2ccc(CCO)cc2)cc1F. The molecule has 0 bridgehead atoms. The molecule has 2 rings (SSSR count). The van der Waals surface area contributed by atoms with E-state index in [0.717, 1.165) is 11.1 Å². The van der Waals surface area contributed by atoms with Gasteiger partial charge in [-0.2, -0.15) is 0 Å². The van der Waals surface area contributed by atoms with Crippen LogP contribution in [0.2, 0.25) is 0 Å². The van der Waals surface area contributed by atoms with E-state index >= 15 is 0 Å². The lowest BCUT2D eigenvalue weighted by atomic mass is 10.1. The molecule has 0 aromatic heterocycles. The molecule has 2 aromatic rings. The van der Waals surface area contributed by atoms with Gasteiger partial charge in [0.1, 0.15) is 12.4 Å². The van der Waals surface area contributed by atoms with Gasteiger partial charge in [0.25, 0.3) is 0 Å². The summed E-state index contributed by atoms with van der Waals surface area (Å²) >= 11 is 0. The van der Waals surface area contributed by atoms with Crippen molar-refractivity contribution in [2.75, 3.05) is 13.7 Å². The Morgan fingerprint density at radius 3 is 2.35 bits per heavy atom. The summed E-state index contributed by atoms with van der Waals surface area (Å²) in [7, 11) is 1.43. The predicted octanol–water partition coefficient (Wildman–Crippen LogP) is 2.95. The van der Waals surface area contributed by atoms with Crippen LogP contribution in [0.1, 0.15) is 11.1 Å².